The van der Waals surface area contributed by atoms with Crippen molar-refractivity contribution in [3.8, 4) is 0 Å². The maximum absolute atomic E-state index is 16.0. The van der Waals surface area contributed by atoms with Crippen LogP contribution in [0.3, 0.4) is 0 Å². The Morgan fingerprint density at radius 3 is 2.74 bits per heavy atom. The first-order valence-electron chi connectivity index (χ1n) is 11.3. The molecule has 1 aromatic heterocycles. The number of amides is 5. The highest BCUT2D eigenvalue weighted by Crippen LogP contribution is 2.47. The van der Waals surface area contributed by atoms with E-state index in [-0.39, 0.29) is 62.6 Å². The van der Waals surface area contributed by atoms with E-state index in [2.05, 4.69) is 25.8 Å². The number of ether oxygens (including phenoxy) is 2. The lowest BCUT2D eigenvalue weighted by atomic mass is 9.68. The number of carbonyl (C=O) groups excluding carboxylic acids is 4. The molecule has 0 aliphatic carbocycles. The number of carbonyl (C=O) groups is 4. The Morgan fingerprint density at radius 1 is 1.34 bits per heavy atom. The van der Waals surface area contributed by atoms with Crippen molar-refractivity contribution < 1.29 is 42.4 Å². The van der Waals surface area contributed by atoms with E-state index in [0.717, 1.165) is 4.90 Å². The molecular weight excluding hydrogens is 507 g/mol. The van der Waals surface area contributed by atoms with E-state index < -0.39 is 41.2 Å². The summed E-state index contributed by atoms with van der Waals surface area (Å²) in [6.45, 7) is 0.337. The van der Waals surface area contributed by atoms with Crippen molar-refractivity contribution in [1.82, 2.24) is 15.8 Å². The molecule has 38 heavy (non-hydrogen) atoms. The molecule has 2 atom stereocenters. The number of methoxy groups -OCH3 is 1. The first-order valence-corrected chi connectivity index (χ1v) is 11.3. The smallest absolute Gasteiger partial charge is 0.328 e. The molecule has 3 aliphatic rings. The number of rotatable bonds is 7. The fourth-order valence-electron chi connectivity index (χ4n) is 5.13. The molecular formula is C23H27FN6O8. The molecule has 5 amide bonds. The van der Waals surface area contributed by atoms with E-state index in [1.54, 1.807) is 4.90 Å². The summed E-state index contributed by atoms with van der Waals surface area (Å²) < 4.78 is 32.1. The van der Waals surface area contributed by atoms with Crippen LogP contribution >= 0.6 is 0 Å². The fraction of sp³-hybridized carbons (Fsp3) is 0.478. The molecule has 5 rings (SSSR count). The topological polar surface area (TPSA) is 165 Å². The second-order valence-electron chi connectivity index (χ2n) is 8.72. The second kappa shape index (κ2) is 10.3. The van der Waals surface area contributed by atoms with Crippen molar-refractivity contribution in [3.05, 3.63) is 17.4 Å². The molecule has 2 N–H and O–H groups in total. The van der Waals surface area contributed by atoms with E-state index in [9.17, 15) is 19.2 Å². The average molecular weight is 535 g/mol. The molecule has 3 aliphatic heterocycles. The molecule has 2 fully saturated rings. The number of imide groups is 2. The van der Waals surface area contributed by atoms with Crippen LogP contribution in [0.2, 0.25) is 0 Å². The number of anilines is 2. The molecule has 0 bridgehead atoms. The van der Waals surface area contributed by atoms with Crippen LogP contribution in [0.1, 0.15) is 13.0 Å². The number of barbiturate groups is 1. The zero-order chi connectivity index (χ0) is 26.3. The summed E-state index contributed by atoms with van der Waals surface area (Å²) in [6.07, 6.45) is 0.917. The first kappa shape index (κ1) is 26.9. The van der Waals surface area contributed by atoms with Gasteiger partial charge in [0.15, 0.2) is 17.1 Å². The molecule has 2 aromatic rings. The number of fused-ring (bicyclic) bond motifs is 5. The van der Waals surface area contributed by atoms with Gasteiger partial charge in [-0.05, 0) is 11.6 Å². The minimum absolute atomic E-state index is 0. The summed E-state index contributed by atoms with van der Waals surface area (Å²) in [4.78, 5) is 57.4. The normalized spacial score (nSPS) is 20.9. The van der Waals surface area contributed by atoms with E-state index in [0.29, 0.717) is 12.0 Å². The van der Waals surface area contributed by atoms with Crippen LogP contribution < -0.4 is 20.4 Å². The lowest BCUT2D eigenvalue weighted by molar-refractivity contribution is -0.148. The molecule has 1 spiro atoms. The Hall–Kier alpha value is -4.11. The Bertz CT molecular complexity index is 1290. The third-order valence-electron chi connectivity index (χ3n) is 6.87. The van der Waals surface area contributed by atoms with Gasteiger partial charge < -0.3 is 23.7 Å². The highest BCUT2D eigenvalue weighted by Gasteiger charge is 2.61. The number of benzene rings is 1. The van der Waals surface area contributed by atoms with Gasteiger partial charge in [-0.3, -0.25) is 29.9 Å². The number of hydrogen-bond donors (Lipinski definition) is 2. The predicted molar refractivity (Wildman–Crippen MR) is 130 cm³/mol. The minimum atomic E-state index is -1.75. The van der Waals surface area contributed by atoms with E-state index in [1.165, 1.54) is 26.5 Å². The second-order valence-corrected chi connectivity index (χ2v) is 8.72. The van der Waals surface area contributed by atoms with Gasteiger partial charge in [0.25, 0.3) is 0 Å². The molecule has 204 valence electrons. The van der Waals surface area contributed by atoms with E-state index in [4.69, 9.17) is 14.0 Å². The van der Waals surface area contributed by atoms with Crippen LogP contribution in [0.5, 0.6) is 0 Å². The molecule has 14 nitrogen and oxygen atoms in total. The zero-order valence-electron chi connectivity index (χ0n) is 19.9. The van der Waals surface area contributed by atoms with Crippen LogP contribution in [-0.2, 0) is 35.1 Å². The van der Waals surface area contributed by atoms with Gasteiger partial charge in [0.2, 0.25) is 23.8 Å². The maximum atomic E-state index is 16.0. The highest BCUT2D eigenvalue weighted by molar-refractivity contribution is 6.20. The number of nitrogens with zero attached hydrogens (tertiary/aromatic N) is 4. The fourth-order valence-corrected chi connectivity index (χ4v) is 5.13. The molecule has 2 saturated heterocycles. The molecule has 0 saturated carbocycles. The summed E-state index contributed by atoms with van der Waals surface area (Å²) in [5.74, 6) is -2.34. The van der Waals surface area contributed by atoms with Gasteiger partial charge in [-0.2, -0.15) is 0 Å². The van der Waals surface area contributed by atoms with Gasteiger partial charge in [-0.25, -0.2) is 9.18 Å². The zero-order valence-corrected chi connectivity index (χ0v) is 19.9. The third-order valence-corrected chi connectivity index (χ3v) is 6.87. The number of hydrogen-bond acceptors (Lipinski definition) is 11. The van der Waals surface area contributed by atoms with Gasteiger partial charge in [-0.1, -0.05) is 17.7 Å². The van der Waals surface area contributed by atoms with Crippen LogP contribution in [0.15, 0.2) is 15.7 Å². The van der Waals surface area contributed by atoms with Gasteiger partial charge in [0, 0.05) is 20.1 Å². The molecule has 15 heteroatoms. The van der Waals surface area contributed by atoms with Crippen LogP contribution in [0, 0.1) is 11.2 Å². The molecule has 0 radical (unpaired) electrons. The van der Waals surface area contributed by atoms with Crippen molar-refractivity contribution in [2.24, 2.45) is 10.6 Å². The quantitative estimate of drug-likeness (QED) is 0.219. The van der Waals surface area contributed by atoms with Gasteiger partial charge in [0.1, 0.15) is 13.2 Å². The Labute approximate surface area is 216 Å². The number of aromatic nitrogens is 1. The Balaban J connectivity index is 0.00000336. The van der Waals surface area contributed by atoms with Crippen LogP contribution in [0.4, 0.5) is 20.7 Å². The Kier molecular flexibility index (Phi) is 7.33. The number of urea groups is 1. The minimum Gasteiger partial charge on any atom is -0.399 e. The predicted octanol–water partition coefficient (Wildman–Crippen LogP) is 0.327. The van der Waals surface area contributed by atoms with E-state index in [1.807, 2.05) is 0 Å². The number of morpholine rings is 1. The largest absolute Gasteiger partial charge is 0.399 e. The van der Waals surface area contributed by atoms with Crippen molar-refractivity contribution in [1.29, 1.82) is 0 Å². The summed E-state index contributed by atoms with van der Waals surface area (Å²) in [6, 6.07) is -0.264. The number of oxime groups is 1. The van der Waals surface area contributed by atoms with Crippen LogP contribution in [0.25, 0.3) is 11.0 Å². The first-order chi connectivity index (χ1) is 17.8. The van der Waals surface area contributed by atoms with Crippen molar-refractivity contribution in [2.75, 3.05) is 50.3 Å². The highest BCUT2D eigenvalue weighted by atomic mass is 19.1. The number of halogens is 1. The average Bonchev–Trinajstić information content (AvgIpc) is 3.31. The summed E-state index contributed by atoms with van der Waals surface area (Å²) in [5.41, 5.74) is -1.50. The van der Waals surface area contributed by atoms with E-state index >= 15 is 4.39 Å². The summed E-state index contributed by atoms with van der Waals surface area (Å²) in [7, 11) is 2.77. The SMILES string of the molecule is C.CO/N=C/C(CN(C=O)c1noc2c(F)c3c(cc12)CC1(C(=O)NC(=O)NC1=O)C1COCCN31)OC. The molecule has 2 unspecified atom stereocenters. The summed E-state index contributed by atoms with van der Waals surface area (Å²) in [5, 5.41) is 12.0. The standard InChI is InChI=1S/C22H23FN6O8.CH4/c1-34-12(7-24-35-2)8-28(10-30)18-13-5-11-6-22(19(31)25-21(33)26-20(22)32)14-9-36-4-3-29(14)16(11)15(23)17(13)37-27-18;/h5,7,10,12,14H,3-4,6,8-9H2,1-2H3,(H2,25,26,31,32,33);1H4/b24-7+;. The van der Waals surface area contributed by atoms with Crippen LogP contribution in [-0.4, -0.2) is 88.3 Å². The lowest BCUT2D eigenvalue weighted by Crippen LogP contribution is -2.73. The lowest BCUT2D eigenvalue weighted by Gasteiger charge is -2.51. The van der Waals surface area contributed by atoms with Gasteiger partial charge in [0.05, 0.1) is 43.1 Å². The molecule has 4 heterocycles. The van der Waals surface area contributed by atoms with Gasteiger partial charge >= 0.3 is 6.03 Å². The maximum Gasteiger partial charge on any atom is 0.328 e. The third kappa shape index (κ3) is 4.03. The van der Waals surface area contributed by atoms with Crippen molar-refractivity contribution in [2.45, 2.75) is 26.0 Å². The Morgan fingerprint density at radius 2 is 2.08 bits per heavy atom. The van der Waals surface area contributed by atoms with Crippen molar-refractivity contribution in [3.63, 3.8) is 0 Å². The number of nitrogens with one attached hydrogen (secondary N) is 2. The monoisotopic (exact) mass is 534 g/mol. The summed E-state index contributed by atoms with van der Waals surface area (Å²) >= 11 is 0. The van der Waals surface area contributed by atoms with Crippen molar-refractivity contribution >= 4 is 52.9 Å². The molecule has 1 aromatic carbocycles. The van der Waals surface area contributed by atoms with Gasteiger partial charge in [-0.15, -0.1) is 0 Å².